The van der Waals surface area contributed by atoms with E-state index in [0.717, 1.165) is 0 Å². The van der Waals surface area contributed by atoms with Gasteiger partial charge in [0.15, 0.2) is 0 Å². The number of esters is 1. The Morgan fingerprint density at radius 3 is 2.41 bits per heavy atom. The minimum atomic E-state index is -0.548. The minimum absolute atomic E-state index is 0.0626. The van der Waals surface area contributed by atoms with Crippen LogP contribution < -0.4 is 4.90 Å². The molecule has 156 valence electrons. The number of carbonyl (C=O) groups is 3. The largest absolute Gasteiger partial charge is 0.462 e. The Morgan fingerprint density at radius 2 is 1.83 bits per heavy atom. The Labute approximate surface area is 179 Å². The molecule has 0 unspecified atom stereocenters. The Kier molecular flexibility index (Phi) is 6.92. The van der Waals surface area contributed by atoms with E-state index in [9.17, 15) is 14.4 Å². The highest BCUT2D eigenvalue weighted by Crippen LogP contribution is 2.32. The zero-order valence-electron chi connectivity index (χ0n) is 16.6. The van der Waals surface area contributed by atoms with Crippen molar-refractivity contribution in [1.29, 1.82) is 0 Å². The molecule has 1 aromatic rings. The van der Waals surface area contributed by atoms with Crippen LogP contribution in [0.15, 0.2) is 24.3 Å². The monoisotopic (exact) mass is 436 g/mol. The van der Waals surface area contributed by atoms with Crippen molar-refractivity contribution in [3.05, 3.63) is 29.8 Å². The molecule has 0 aromatic heterocycles. The average molecular weight is 437 g/mol. The Hall–Kier alpha value is -1.97. The molecule has 3 atom stereocenters. The maximum absolute atomic E-state index is 12.9. The summed E-state index contributed by atoms with van der Waals surface area (Å²) in [7, 11) is 0. The van der Waals surface area contributed by atoms with Crippen molar-refractivity contribution in [2.24, 2.45) is 0 Å². The molecule has 0 radical (unpaired) electrons. The molecule has 7 nitrogen and oxygen atoms in total. The van der Waals surface area contributed by atoms with E-state index in [2.05, 4.69) is 0 Å². The Bertz CT molecular complexity index is 804. The number of amides is 2. The van der Waals surface area contributed by atoms with E-state index in [1.165, 1.54) is 16.7 Å². The van der Waals surface area contributed by atoms with Crippen molar-refractivity contribution in [2.45, 2.75) is 44.6 Å². The molecule has 2 heterocycles. The second-order valence-corrected chi connectivity index (χ2v) is 8.91. The van der Waals surface area contributed by atoms with Crippen molar-refractivity contribution in [3.63, 3.8) is 0 Å². The average Bonchev–Trinajstić information content (AvgIpc) is 2.94. The number of benzene rings is 1. The number of imide groups is 1. The second kappa shape index (κ2) is 9.23. The molecular formula is C20H24N2O5S2. The number of thioether (sulfide) groups is 1. The summed E-state index contributed by atoms with van der Waals surface area (Å²) in [5, 5.41) is -0.548. The van der Waals surface area contributed by atoms with Crippen molar-refractivity contribution in [1.82, 2.24) is 4.90 Å². The van der Waals surface area contributed by atoms with Gasteiger partial charge in [0.2, 0.25) is 11.8 Å². The number of carbonyl (C=O) groups excluding carboxylic acids is 3. The summed E-state index contributed by atoms with van der Waals surface area (Å²) >= 11 is 6.79. The quantitative estimate of drug-likeness (QED) is 0.405. The molecule has 29 heavy (non-hydrogen) atoms. The SMILES string of the molecule is CCOC(=O)c1ccc(N2C(=O)C[C@@H](SC(=S)N3C[C@H](C)O[C@@H](C)C3)C2=O)cc1. The summed E-state index contributed by atoms with van der Waals surface area (Å²) in [6.45, 7) is 7.33. The number of ether oxygens (including phenoxy) is 2. The number of morpholine rings is 1. The number of hydrogen-bond donors (Lipinski definition) is 0. The topological polar surface area (TPSA) is 76.2 Å². The van der Waals surface area contributed by atoms with Crippen LogP contribution in [-0.4, -0.2) is 64.2 Å². The number of anilines is 1. The third kappa shape index (κ3) is 4.96. The molecule has 2 aliphatic rings. The lowest BCUT2D eigenvalue weighted by Gasteiger charge is -2.36. The summed E-state index contributed by atoms with van der Waals surface area (Å²) in [6.07, 6.45) is 0.221. The maximum atomic E-state index is 12.9. The van der Waals surface area contributed by atoms with Crippen LogP contribution in [0.2, 0.25) is 0 Å². The molecular weight excluding hydrogens is 412 g/mol. The zero-order chi connectivity index (χ0) is 21.1. The van der Waals surface area contributed by atoms with Gasteiger partial charge in [-0.3, -0.25) is 9.59 Å². The number of thiocarbonyl (C=S) groups is 1. The fourth-order valence-electron chi connectivity index (χ4n) is 3.45. The van der Waals surface area contributed by atoms with Gasteiger partial charge >= 0.3 is 5.97 Å². The summed E-state index contributed by atoms with van der Waals surface area (Å²) in [5.74, 6) is -1.01. The fourth-order valence-corrected chi connectivity index (χ4v) is 4.92. The van der Waals surface area contributed by atoms with E-state index in [0.29, 0.717) is 28.7 Å². The first kappa shape index (κ1) is 21.7. The van der Waals surface area contributed by atoms with Crippen LogP contribution in [0, 0.1) is 0 Å². The van der Waals surface area contributed by atoms with Gasteiger partial charge in [0.1, 0.15) is 9.57 Å². The van der Waals surface area contributed by atoms with E-state index < -0.39 is 11.2 Å². The molecule has 0 bridgehead atoms. The lowest BCUT2D eigenvalue weighted by molar-refractivity contribution is -0.121. The molecule has 2 aliphatic heterocycles. The van der Waals surface area contributed by atoms with Gasteiger partial charge in [0, 0.05) is 19.5 Å². The van der Waals surface area contributed by atoms with Crippen LogP contribution >= 0.6 is 24.0 Å². The Morgan fingerprint density at radius 1 is 1.21 bits per heavy atom. The summed E-state index contributed by atoms with van der Waals surface area (Å²) in [6, 6.07) is 6.27. The van der Waals surface area contributed by atoms with Gasteiger partial charge in [-0.1, -0.05) is 24.0 Å². The molecule has 1 aromatic carbocycles. The first-order valence-corrected chi connectivity index (χ1v) is 10.8. The van der Waals surface area contributed by atoms with Gasteiger partial charge in [-0.05, 0) is 45.0 Å². The predicted molar refractivity (Wildman–Crippen MR) is 115 cm³/mol. The maximum Gasteiger partial charge on any atom is 0.338 e. The van der Waals surface area contributed by atoms with Gasteiger partial charge in [-0.15, -0.1) is 0 Å². The summed E-state index contributed by atoms with van der Waals surface area (Å²) in [4.78, 5) is 40.4. The molecule has 2 amide bonds. The van der Waals surface area contributed by atoms with Crippen molar-refractivity contribution in [2.75, 3.05) is 24.6 Å². The second-order valence-electron chi connectivity index (χ2n) is 7.07. The highest BCUT2D eigenvalue weighted by molar-refractivity contribution is 8.23. The van der Waals surface area contributed by atoms with Gasteiger partial charge in [0.05, 0.1) is 30.1 Å². The third-order valence-corrected chi connectivity index (χ3v) is 6.32. The van der Waals surface area contributed by atoms with E-state index >= 15 is 0 Å². The van der Waals surface area contributed by atoms with E-state index in [1.54, 1.807) is 31.2 Å². The van der Waals surface area contributed by atoms with Gasteiger partial charge in [-0.2, -0.15) is 0 Å². The lowest BCUT2D eigenvalue weighted by Crippen LogP contribution is -2.47. The van der Waals surface area contributed by atoms with Crippen LogP contribution in [0.4, 0.5) is 5.69 Å². The van der Waals surface area contributed by atoms with Crippen LogP contribution in [0.3, 0.4) is 0 Å². The van der Waals surface area contributed by atoms with Crippen LogP contribution in [-0.2, 0) is 19.1 Å². The van der Waals surface area contributed by atoms with Gasteiger partial charge in [0.25, 0.3) is 0 Å². The van der Waals surface area contributed by atoms with Gasteiger partial charge in [-0.25, -0.2) is 9.69 Å². The van der Waals surface area contributed by atoms with Crippen LogP contribution in [0.25, 0.3) is 0 Å². The Balaban J connectivity index is 1.66. The standard InChI is InChI=1S/C20H24N2O5S2/c1-4-26-19(25)14-5-7-15(8-6-14)22-17(23)9-16(18(22)24)29-20(28)21-10-12(2)27-13(3)11-21/h5-8,12-13,16H,4,9-11H2,1-3H3/t12-,13-,16+/m0/s1. The molecule has 2 fully saturated rings. The predicted octanol–water partition coefficient (Wildman–Crippen LogP) is 2.62. The van der Waals surface area contributed by atoms with E-state index in [-0.39, 0.29) is 37.0 Å². The van der Waals surface area contributed by atoms with E-state index in [4.69, 9.17) is 21.7 Å². The summed E-state index contributed by atoms with van der Waals surface area (Å²) in [5.41, 5.74) is 0.813. The molecule has 3 rings (SSSR count). The first-order chi connectivity index (χ1) is 13.8. The molecule has 9 heteroatoms. The van der Waals surface area contributed by atoms with E-state index in [1.807, 2.05) is 18.7 Å². The van der Waals surface area contributed by atoms with Crippen LogP contribution in [0.5, 0.6) is 0 Å². The van der Waals surface area contributed by atoms with Crippen molar-refractivity contribution >= 4 is 51.8 Å². The molecule has 2 saturated heterocycles. The zero-order valence-corrected chi connectivity index (χ0v) is 18.3. The molecule has 0 saturated carbocycles. The minimum Gasteiger partial charge on any atom is -0.462 e. The molecule has 0 aliphatic carbocycles. The number of hydrogen-bond acceptors (Lipinski definition) is 7. The van der Waals surface area contributed by atoms with Crippen molar-refractivity contribution < 1.29 is 23.9 Å². The van der Waals surface area contributed by atoms with Gasteiger partial charge < -0.3 is 14.4 Å². The third-order valence-electron chi connectivity index (χ3n) is 4.66. The fraction of sp³-hybridized carbons (Fsp3) is 0.500. The highest BCUT2D eigenvalue weighted by Gasteiger charge is 2.41. The lowest BCUT2D eigenvalue weighted by atomic mass is 10.2. The smallest absolute Gasteiger partial charge is 0.338 e. The normalized spacial score (nSPS) is 24.7. The summed E-state index contributed by atoms with van der Waals surface area (Å²) < 4.78 is 11.3. The molecule has 0 N–H and O–H groups in total. The van der Waals surface area contributed by atoms with Crippen molar-refractivity contribution in [3.8, 4) is 0 Å². The number of rotatable bonds is 4. The molecule has 0 spiro atoms. The number of nitrogens with zero attached hydrogens (tertiary/aromatic N) is 2. The van der Waals surface area contributed by atoms with Crippen LogP contribution in [0.1, 0.15) is 37.6 Å². The highest BCUT2D eigenvalue weighted by atomic mass is 32.2. The first-order valence-electron chi connectivity index (χ1n) is 9.55.